The second-order valence-corrected chi connectivity index (χ2v) is 10.7. The Labute approximate surface area is 197 Å². The van der Waals surface area contributed by atoms with Crippen LogP contribution in [0.5, 0.6) is 5.75 Å². The fourth-order valence-electron chi connectivity index (χ4n) is 4.03. The van der Waals surface area contributed by atoms with Crippen molar-refractivity contribution in [2.75, 3.05) is 39.1 Å². The van der Waals surface area contributed by atoms with Gasteiger partial charge in [-0.3, -0.25) is 9.69 Å². The number of carbonyl (C=O) groups is 1. The highest BCUT2D eigenvalue weighted by molar-refractivity contribution is 7.89. The summed E-state index contributed by atoms with van der Waals surface area (Å²) >= 11 is 0. The van der Waals surface area contributed by atoms with E-state index in [1.807, 2.05) is 25.8 Å². The van der Waals surface area contributed by atoms with Crippen molar-refractivity contribution in [2.45, 2.75) is 50.5 Å². The summed E-state index contributed by atoms with van der Waals surface area (Å²) in [5, 5.41) is 2.85. The van der Waals surface area contributed by atoms with Crippen molar-refractivity contribution >= 4 is 21.6 Å². The van der Waals surface area contributed by atoms with Crippen LogP contribution in [0.2, 0.25) is 0 Å². The maximum absolute atomic E-state index is 13.2. The van der Waals surface area contributed by atoms with Crippen molar-refractivity contribution in [3.63, 3.8) is 0 Å². The van der Waals surface area contributed by atoms with Gasteiger partial charge < -0.3 is 10.1 Å². The molecule has 1 fully saturated rings. The molecule has 0 spiro atoms. The predicted molar refractivity (Wildman–Crippen MR) is 131 cm³/mol. The molecule has 1 atom stereocenters. The smallest absolute Gasteiger partial charge is 0.243 e. The highest BCUT2D eigenvalue weighted by Gasteiger charge is 2.26. The lowest BCUT2D eigenvalue weighted by Crippen LogP contribution is -2.33. The maximum atomic E-state index is 13.2. The number of nitrogens with zero attached hydrogens (tertiary/aromatic N) is 2. The van der Waals surface area contributed by atoms with Crippen LogP contribution in [0.3, 0.4) is 0 Å². The number of methoxy groups -OCH3 is 1. The zero-order valence-corrected chi connectivity index (χ0v) is 20.8. The summed E-state index contributed by atoms with van der Waals surface area (Å²) in [4.78, 5) is 14.9. The standard InChI is InChI=1S/C25H35N3O4S/c1-19-9-11-21(12-10-19)20(2)27(3)18-25(29)26-23-17-22(13-14-24(23)32-4)33(30,31)28-15-7-5-6-8-16-28/h9-14,17,20H,5-8,15-16,18H2,1-4H3,(H,26,29). The third kappa shape index (κ3) is 6.34. The summed E-state index contributed by atoms with van der Waals surface area (Å²) in [5.74, 6) is 0.187. The Kier molecular flexibility index (Phi) is 8.51. The molecule has 7 nitrogen and oxygen atoms in total. The van der Waals surface area contributed by atoms with Crippen LogP contribution < -0.4 is 10.1 Å². The van der Waals surface area contributed by atoms with E-state index in [4.69, 9.17) is 4.74 Å². The Bertz CT molecular complexity index is 1050. The van der Waals surface area contributed by atoms with Gasteiger partial charge >= 0.3 is 0 Å². The van der Waals surface area contributed by atoms with Crippen LogP contribution in [0, 0.1) is 6.92 Å². The first-order valence-corrected chi connectivity index (χ1v) is 12.9. The molecular formula is C25H35N3O4S. The summed E-state index contributed by atoms with van der Waals surface area (Å²) in [6.45, 7) is 5.30. The number of sulfonamides is 1. The molecule has 1 amide bonds. The fraction of sp³-hybridized carbons (Fsp3) is 0.480. The first-order chi connectivity index (χ1) is 15.7. The number of benzene rings is 2. The van der Waals surface area contributed by atoms with Crippen LogP contribution in [0.1, 0.15) is 49.8 Å². The Morgan fingerprint density at radius 3 is 2.33 bits per heavy atom. The summed E-state index contributed by atoms with van der Waals surface area (Å²) in [5.41, 5.74) is 2.67. The molecule has 1 aliphatic heterocycles. The summed E-state index contributed by atoms with van der Waals surface area (Å²) < 4.78 is 33.3. The van der Waals surface area contributed by atoms with Crippen molar-refractivity contribution in [3.8, 4) is 5.75 Å². The van der Waals surface area contributed by atoms with Crippen LogP contribution in [-0.4, -0.2) is 57.3 Å². The molecule has 1 N–H and O–H groups in total. The van der Waals surface area contributed by atoms with Gasteiger partial charge in [-0.05, 0) is 57.5 Å². The van der Waals surface area contributed by atoms with Crippen molar-refractivity contribution in [2.24, 2.45) is 0 Å². The number of anilines is 1. The zero-order valence-electron chi connectivity index (χ0n) is 20.0. The topological polar surface area (TPSA) is 79.0 Å². The monoisotopic (exact) mass is 473 g/mol. The normalized spacial score (nSPS) is 16.3. The maximum Gasteiger partial charge on any atom is 0.243 e. The van der Waals surface area contributed by atoms with Gasteiger partial charge in [-0.1, -0.05) is 42.7 Å². The average molecular weight is 474 g/mol. The lowest BCUT2D eigenvalue weighted by atomic mass is 10.1. The van der Waals surface area contributed by atoms with Crippen LogP contribution >= 0.6 is 0 Å². The SMILES string of the molecule is COc1ccc(S(=O)(=O)N2CCCCCC2)cc1NC(=O)CN(C)C(C)c1ccc(C)cc1. The number of hydrogen-bond donors (Lipinski definition) is 1. The van der Waals surface area contributed by atoms with Crippen molar-refractivity contribution < 1.29 is 17.9 Å². The van der Waals surface area contributed by atoms with E-state index in [1.165, 1.54) is 18.7 Å². The van der Waals surface area contributed by atoms with Gasteiger partial charge in [-0.25, -0.2) is 8.42 Å². The largest absolute Gasteiger partial charge is 0.495 e. The van der Waals surface area contributed by atoms with Gasteiger partial charge in [0.25, 0.3) is 0 Å². The van der Waals surface area contributed by atoms with Crippen molar-refractivity contribution in [1.29, 1.82) is 0 Å². The van der Waals surface area contributed by atoms with E-state index in [-0.39, 0.29) is 23.4 Å². The molecule has 3 rings (SSSR count). The minimum absolute atomic E-state index is 0.0491. The van der Waals surface area contributed by atoms with Crippen LogP contribution in [0.25, 0.3) is 0 Å². The molecule has 1 heterocycles. The van der Waals surface area contributed by atoms with Gasteiger partial charge in [0.15, 0.2) is 0 Å². The number of nitrogens with one attached hydrogen (secondary N) is 1. The van der Waals surface area contributed by atoms with Crippen LogP contribution in [0.4, 0.5) is 5.69 Å². The highest BCUT2D eigenvalue weighted by atomic mass is 32.2. The van der Waals surface area contributed by atoms with Gasteiger partial charge in [0.2, 0.25) is 15.9 Å². The lowest BCUT2D eigenvalue weighted by Gasteiger charge is -2.25. The third-order valence-electron chi connectivity index (χ3n) is 6.26. The zero-order chi connectivity index (χ0) is 24.0. The molecule has 8 heteroatoms. The molecule has 2 aromatic rings. The minimum atomic E-state index is -3.63. The molecule has 0 bridgehead atoms. The number of rotatable bonds is 8. The highest BCUT2D eigenvalue weighted by Crippen LogP contribution is 2.30. The lowest BCUT2D eigenvalue weighted by molar-refractivity contribution is -0.117. The Balaban J connectivity index is 1.74. The average Bonchev–Trinajstić information content (AvgIpc) is 3.09. The molecule has 2 aromatic carbocycles. The molecule has 0 aliphatic carbocycles. The number of carbonyl (C=O) groups excluding carboxylic acids is 1. The van der Waals surface area contributed by atoms with Gasteiger partial charge in [-0.2, -0.15) is 4.31 Å². The summed E-state index contributed by atoms with van der Waals surface area (Å²) in [6, 6.07) is 12.9. The second-order valence-electron chi connectivity index (χ2n) is 8.73. The number of amides is 1. The molecule has 1 aliphatic rings. The van der Waals surface area contributed by atoms with E-state index in [0.29, 0.717) is 24.5 Å². The molecule has 0 saturated carbocycles. The van der Waals surface area contributed by atoms with Gasteiger partial charge in [0.1, 0.15) is 5.75 Å². The number of aryl methyl sites for hydroxylation is 1. The Hall–Kier alpha value is -2.42. The van der Waals surface area contributed by atoms with Crippen molar-refractivity contribution in [1.82, 2.24) is 9.21 Å². The molecule has 180 valence electrons. The first kappa shape index (κ1) is 25.2. The van der Waals surface area contributed by atoms with E-state index in [9.17, 15) is 13.2 Å². The number of ether oxygens (including phenoxy) is 1. The molecule has 0 aromatic heterocycles. The van der Waals surface area contributed by atoms with Crippen LogP contribution in [0.15, 0.2) is 47.4 Å². The molecule has 1 saturated heterocycles. The van der Waals surface area contributed by atoms with Gasteiger partial charge in [0, 0.05) is 19.1 Å². The van der Waals surface area contributed by atoms with Crippen LogP contribution in [-0.2, 0) is 14.8 Å². The molecule has 1 unspecified atom stereocenters. The van der Waals surface area contributed by atoms with Gasteiger partial charge in [0.05, 0.1) is 24.2 Å². The Morgan fingerprint density at radius 2 is 1.73 bits per heavy atom. The van der Waals surface area contributed by atoms with E-state index in [2.05, 4.69) is 29.6 Å². The minimum Gasteiger partial charge on any atom is -0.495 e. The second kappa shape index (κ2) is 11.1. The quantitative estimate of drug-likeness (QED) is 0.622. The van der Waals surface area contributed by atoms with Gasteiger partial charge in [-0.15, -0.1) is 0 Å². The van der Waals surface area contributed by atoms with E-state index in [0.717, 1.165) is 31.2 Å². The number of likely N-dealkylation sites (N-methyl/N-ethyl adjacent to an activating group) is 1. The first-order valence-electron chi connectivity index (χ1n) is 11.5. The summed E-state index contributed by atoms with van der Waals surface area (Å²) in [6.07, 6.45) is 3.82. The summed E-state index contributed by atoms with van der Waals surface area (Å²) in [7, 11) is -0.239. The van der Waals surface area contributed by atoms with E-state index < -0.39 is 10.0 Å². The molecular weight excluding hydrogens is 438 g/mol. The fourth-order valence-corrected chi connectivity index (χ4v) is 5.57. The molecule has 33 heavy (non-hydrogen) atoms. The predicted octanol–water partition coefficient (Wildman–Crippen LogP) is 4.20. The third-order valence-corrected chi connectivity index (χ3v) is 8.16. The van der Waals surface area contributed by atoms with E-state index in [1.54, 1.807) is 16.4 Å². The van der Waals surface area contributed by atoms with Crippen molar-refractivity contribution in [3.05, 3.63) is 53.6 Å². The Morgan fingerprint density at radius 1 is 1.09 bits per heavy atom. The van der Waals surface area contributed by atoms with E-state index >= 15 is 0 Å². The molecule has 0 radical (unpaired) electrons. The number of hydrogen-bond acceptors (Lipinski definition) is 5.